The monoisotopic (exact) mass is 249 g/mol. The lowest BCUT2D eigenvalue weighted by molar-refractivity contribution is 0.0528. The van der Waals surface area contributed by atoms with Crippen LogP contribution >= 0.6 is 0 Å². The van der Waals surface area contributed by atoms with Crippen molar-refractivity contribution >= 4 is 11.5 Å². The van der Waals surface area contributed by atoms with Crippen LogP contribution in [0.5, 0.6) is 0 Å². The van der Waals surface area contributed by atoms with Gasteiger partial charge in [-0.15, -0.1) is 0 Å². The third-order valence-corrected chi connectivity index (χ3v) is 2.67. The minimum absolute atomic E-state index is 0.148. The van der Waals surface area contributed by atoms with Gasteiger partial charge in [0, 0.05) is 5.69 Å². The van der Waals surface area contributed by atoms with Crippen molar-refractivity contribution < 1.29 is 9.53 Å². The highest BCUT2D eigenvalue weighted by atomic mass is 16.5. The third-order valence-electron chi connectivity index (χ3n) is 2.67. The molecule has 0 bridgehead atoms. The lowest BCUT2D eigenvalue weighted by Crippen LogP contribution is -2.15. The van der Waals surface area contributed by atoms with Gasteiger partial charge in [-0.25, -0.2) is 9.31 Å². The Balaban J connectivity index is 2.74. The minimum Gasteiger partial charge on any atom is -0.462 e. The Kier molecular flexibility index (Phi) is 3.18. The van der Waals surface area contributed by atoms with E-state index < -0.39 is 5.97 Å². The predicted molar refractivity (Wildman–Crippen MR) is 65.9 cm³/mol. The molecule has 0 saturated heterocycles. The first kappa shape index (κ1) is 12.3. The van der Waals surface area contributed by atoms with Crippen LogP contribution in [0.25, 0.3) is 5.52 Å². The van der Waals surface area contributed by atoms with Crippen LogP contribution in [0.2, 0.25) is 0 Å². The van der Waals surface area contributed by atoms with Gasteiger partial charge in [0.05, 0.1) is 12.2 Å². The van der Waals surface area contributed by atoms with E-state index in [1.807, 2.05) is 13.8 Å². The fraction of sp³-hybridized carbons (Fsp3) is 0.417. The summed E-state index contributed by atoms with van der Waals surface area (Å²) in [5, 5.41) is 4.08. The van der Waals surface area contributed by atoms with E-state index in [4.69, 9.17) is 4.74 Å². The molecule has 96 valence electrons. The maximum Gasteiger partial charge on any atom is 0.340 e. The number of carbonyl (C=O) groups excluding carboxylic acids is 1. The second kappa shape index (κ2) is 4.64. The van der Waals surface area contributed by atoms with Gasteiger partial charge in [-0.3, -0.25) is 4.79 Å². The molecule has 0 fully saturated rings. The van der Waals surface area contributed by atoms with Crippen molar-refractivity contribution in [3.8, 4) is 0 Å². The van der Waals surface area contributed by atoms with Gasteiger partial charge in [0.15, 0.2) is 0 Å². The van der Waals surface area contributed by atoms with Crippen LogP contribution in [0.4, 0.5) is 0 Å². The zero-order valence-corrected chi connectivity index (χ0v) is 10.6. The average molecular weight is 249 g/mol. The summed E-state index contributed by atoms with van der Waals surface area (Å²) >= 11 is 0. The van der Waals surface area contributed by atoms with E-state index in [1.54, 1.807) is 13.0 Å². The molecule has 2 aromatic rings. The topological polar surface area (TPSA) is 76.5 Å². The Morgan fingerprint density at radius 1 is 1.56 bits per heavy atom. The van der Waals surface area contributed by atoms with E-state index in [9.17, 15) is 9.59 Å². The van der Waals surface area contributed by atoms with Crippen molar-refractivity contribution in [1.29, 1.82) is 0 Å². The van der Waals surface area contributed by atoms with Crippen LogP contribution in [-0.2, 0) is 4.74 Å². The first-order chi connectivity index (χ1) is 8.56. The molecule has 2 rings (SSSR count). The largest absolute Gasteiger partial charge is 0.462 e. The SMILES string of the molecule is CCOC(=O)c1cc(C(C)C)n2nc[nH]c(=O)c12. The van der Waals surface area contributed by atoms with E-state index in [0.29, 0.717) is 0 Å². The Morgan fingerprint density at radius 3 is 2.89 bits per heavy atom. The summed E-state index contributed by atoms with van der Waals surface area (Å²) in [4.78, 5) is 26.1. The molecule has 0 aliphatic carbocycles. The number of carbonyl (C=O) groups is 1. The van der Waals surface area contributed by atoms with Crippen molar-refractivity contribution in [2.24, 2.45) is 0 Å². The Bertz CT molecular complexity index is 640. The number of aromatic nitrogens is 3. The van der Waals surface area contributed by atoms with Gasteiger partial charge in [-0.05, 0) is 18.9 Å². The van der Waals surface area contributed by atoms with Crippen LogP contribution in [0.15, 0.2) is 17.2 Å². The maximum absolute atomic E-state index is 11.8. The molecular weight excluding hydrogens is 234 g/mol. The average Bonchev–Trinajstić information content (AvgIpc) is 2.70. The molecule has 2 aromatic heterocycles. The van der Waals surface area contributed by atoms with Gasteiger partial charge >= 0.3 is 5.97 Å². The number of hydrogen-bond acceptors (Lipinski definition) is 4. The van der Waals surface area contributed by atoms with Crippen LogP contribution in [0.3, 0.4) is 0 Å². The molecule has 6 heteroatoms. The number of nitrogens with one attached hydrogen (secondary N) is 1. The summed E-state index contributed by atoms with van der Waals surface area (Å²) < 4.78 is 6.45. The van der Waals surface area contributed by atoms with E-state index in [2.05, 4.69) is 10.1 Å². The molecule has 1 N–H and O–H groups in total. The van der Waals surface area contributed by atoms with Gasteiger partial charge in [0.2, 0.25) is 0 Å². The Labute approximate surface area is 104 Å². The van der Waals surface area contributed by atoms with E-state index >= 15 is 0 Å². The minimum atomic E-state index is -0.500. The third kappa shape index (κ3) is 1.90. The summed E-state index contributed by atoms with van der Waals surface area (Å²) in [5.41, 5.74) is 0.952. The molecule has 0 saturated carbocycles. The zero-order valence-electron chi connectivity index (χ0n) is 10.6. The molecule has 0 amide bonds. The van der Waals surface area contributed by atoms with Crippen molar-refractivity contribution in [3.63, 3.8) is 0 Å². The molecule has 0 aromatic carbocycles. The molecule has 2 heterocycles. The standard InChI is InChI=1S/C12H15N3O3/c1-4-18-12(17)8-5-9(7(2)3)15-10(8)11(16)13-6-14-15/h5-7H,4H2,1-3H3,(H,13,14,16). The second-order valence-corrected chi connectivity index (χ2v) is 4.24. The number of nitrogens with zero attached hydrogens (tertiary/aromatic N) is 2. The highest BCUT2D eigenvalue weighted by Gasteiger charge is 2.20. The van der Waals surface area contributed by atoms with Gasteiger partial charge in [0.25, 0.3) is 5.56 Å². The summed E-state index contributed by atoms with van der Waals surface area (Å²) in [7, 11) is 0. The van der Waals surface area contributed by atoms with Gasteiger partial charge in [-0.1, -0.05) is 13.8 Å². The number of ether oxygens (including phenoxy) is 1. The van der Waals surface area contributed by atoms with Crippen LogP contribution in [-0.4, -0.2) is 27.2 Å². The van der Waals surface area contributed by atoms with Crippen molar-refractivity contribution in [1.82, 2.24) is 14.6 Å². The Hall–Kier alpha value is -2.11. The molecule has 18 heavy (non-hydrogen) atoms. The van der Waals surface area contributed by atoms with Crippen LogP contribution in [0.1, 0.15) is 42.7 Å². The first-order valence-electron chi connectivity index (χ1n) is 5.82. The zero-order chi connectivity index (χ0) is 13.3. The van der Waals surface area contributed by atoms with E-state index in [0.717, 1.165) is 5.69 Å². The Morgan fingerprint density at radius 2 is 2.28 bits per heavy atom. The molecule has 6 nitrogen and oxygen atoms in total. The molecular formula is C12H15N3O3. The number of hydrogen-bond donors (Lipinski definition) is 1. The quantitative estimate of drug-likeness (QED) is 0.832. The lowest BCUT2D eigenvalue weighted by Gasteiger charge is -2.02. The molecule has 0 aliphatic heterocycles. The highest BCUT2D eigenvalue weighted by Crippen LogP contribution is 2.20. The fourth-order valence-corrected chi connectivity index (χ4v) is 1.85. The van der Waals surface area contributed by atoms with E-state index in [-0.39, 0.29) is 29.2 Å². The number of aromatic amines is 1. The molecule has 0 spiro atoms. The summed E-state index contributed by atoms with van der Waals surface area (Å²) in [6.45, 7) is 5.94. The molecule has 0 radical (unpaired) electrons. The molecule has 0 aliphatic rings. The number of H-pyrrole nitrogens is 1. The van der Waals surface area contributed by atoms with Crippen molar-refractivity contribution in [2.45, 2.75) is 26.7 Å². The maximum atomic E-state index is 11.8. The molecule has 0 atom stereocenters. The number of fused-ring (bicyclic) bond motifs is 1. The summed E-state index contributed by atoms with van der Waals surface area (Å²) in [5.74, 6) is -0.352. The summed E-state index contributed by atoms with van der Waals surface area (Å²) in [6, 6.07) is 1.67. The second-order valence-electron chi connectivity index (χ2n) is 4.24. The van der Waals surface area contributed by atoms with Crippen molar-refractivity contribution in [2.75, 3.05) is 6.61 Å². The van der Waals surface area contributed by atoms with Crippen LogP contribution in [0, 0.1) is 0 Å². The van der Waals surface area contributed by atoms with Crippen molar-refractivity contribution in [3.05, 3.63) is 34.0 Å². The fourth-order valence-electron chi connectivity index (χ4n) is 1.85. The van der Waals surface area contributed by atoms with Crippen LogP contribution < -0.4 is 5.56 Å². The van der Waals surface area contributed by atoms with Gasteiger partial charge in [0.1, 0.15) is 11.8 Å². The first-order valence-corrected chi connectivity index (χ1v) is 5.82. The molecule has 0 unspecified atom stereocenters. The number of esters is 1. The van der Waals surface area contributed by atoms with Gasteiger partial charge in [-0.2, -0.15) is 5.10 Å². The lowest BCUT2D eigenvalue weighted by atomic mass is 10.1. The van der Waals surface area contributed by atoms with Gasteiger partial charge < -0.3 is 9.72 Å². The predicted octanol–water partition coefficient (Wildman–Crippen LogP) is 1.32. The smallest absolute Gasteiger partial charge is 0.340 e. The van der Waals surface area contributed by atoms with E-state index in [1.165, 1.54) is 10.8 Å². The summed E-state index contributed by atoms with van der Waals surface area (Å²) in [6.07, 6.45) is 1.32. The normalized spacial score (nSPS) is 11.1. The highest BCUT2D eigenvalue weighted by molar-refractivity contribution is 5.97. The number of rotatable bonds is 3.